The van der Waals surface area contributed by atoms with E-state index < -0.39 is 40.1 Å². The van der Waals surface area contributed by atoms with Gasteiger partial charge in [0.2, 0.25) is 5.75 Å². The predicted molar refractivity (Wildman–Crippen MR) is 113 cm³/mol. The molecular weight excluding hydrogens is 438 g/mol. The van der Waals surface area contributed by atoms with Crippen LogP contribution in [0.15, 0.2) is 33.9 Å². The normalized spacial score (nSPS) is 18.5. The first-order valence-electron chi connectivity index (χ1n) is 10.1. The van der Waals surface area contributed by atoms with E-state index in [4.69, 9.17) is 9.47 Å². The number of esters is 2. The Balaban J connectivity index is 1.63. The van der Waals surface area contributed by atoms with Crippen molar-refractivity contribution in [1.82, 2.24) is 14.0 Å². The number of piperazine rings is 1. The number of anilines is 1. The molecule has 174 valence electrons. The number of nitro groups is 1. The lowest BCUT2D eigenvalue weighted by Gasteiger charge is -2.42. The Morgan fingerprint density at radius 1 is 1.06 bits per heavy atom. The molecule has 1 fully saturated rings. The Labute approximate surface area is 186 Å². The summed E-state index contributed by atoms with van der Waals surface area (Å²) in [5.41, 5.74) is -0.872. The molecule has 4 rings (SSSR count). The number of para-hydroxylation sites is 1. The highest BCUT2D eigenvalue weighted by Crippen LogP contribution is 2.29. The third-order valence-corrected chi connectivity index (χ3v) is 5.77. The fourth-order valence-corrected chi connectivity index (χ4v) is 4.05. The van der Waals surface area contributed by atoms with Gasteiger partial charge >= 0.3 is 23.2 Å². The van der Waals surface area contributed by atoms with Crippen LogP contribution in [-0.2, 0) is 34.8 Å². The molecule has 13 nitrogen and oxygen atoms in total. The van der Waals surface area contributed by atoms with Gasteiger partial charge in [-0.05, 0) is 6.42 Å². The molecule has 13 heteroatoms. The lowest BCUT2D eigenvalue weighted by Crippen LogP contribution is -2.58. The van der Waals surface area contributed by atoms with Crippen LogP contribution < -0.4 is 20.9 Å². The summed E-state index contributed by atoms with van der Waals surface area (Å²) in [5.74, 6) is -2.98. The molecule has 2 aromatic rings. The molecule has 2 aliphatic rings. The number of ether oxygens (including phenoxy) is 2. The second kappa shape index (κ2) is 8.50. The van der Waals surface area contributed by atoms with E-state index in [1.165, 1.54) is 24.7 Å². The van der Waals surface area contributed by atoms with Gasteiger partial charge in [-0.15, -0.1) is 0 Å². The first kappa shape index (κ1) is 22.2. The van der Waals surface area contributed by atoms with Gasteiger partial charge in [0.15, 0.2) is 12.0 Å². The largest absolute Gasteiger partial charge is 0.432 e. The Kier molecular flexibility index (Phi) is 5.72. The summed E-state index contributed by atoms with van der Waals surface area (Å²) < 4.78 is 12.3. The molecule has 0 bridgehead atoms. The van der Waals surface area contributed by atoms with Crippen LogP contribution in [0.4, 0.5) is 11.5 Å². The maximum absolute atomic E-state index is 12.6. The zero-order chi connectivity index (χ0) is 23.9. The summed E-state index contributed by atoms with van der Waals surface area (Å²) in [7, 11) is 2.67. The van der Waals surface area contributed by atoms with Crippen molar-refractivity contribution in [2.24, 2.45) is 14.1 Å². The highest BCUT2D eigenvalue weighted by Gasteiger charge is 2.39. The Morgan fingerprint density at radius 3 is 2.52 bits per heavy atom. The Bertz CT molecular complexity index is 1270. The van der Waals surface area contributed by atoms with Gasteiger partial charge in [0, 0.05) is 45.4 Å². The number of hydrogen-bond donors (Lipinski definition) is 0. The number of carbonyl (C=O) groups excluding carboxylic acids is 2. The van der Waals surface area contributed by atoms with Crippen molar-refractivity contribution in [3.8, 4) is 5.75 Å². The van der Waals surface area contributed by atoms with Crippen molar-refractivity contribution in [3.63, 3.8) is 0 Å². The summed E-state index contributed by atoms with van der Waals surface area (Å²) in [6.07, 6.45) is -0.587. The second-order valence-electron chi connectivity index (χ2n) is 7.74. The number of rotatable bonds is 4. The Morgan fingerprint density at radius 2 is 1.79 bits per heavy atom. The van der Waals surface area contributed by atoms with Crippen LogP contribution >= 0.6 is 0 Å². The summed E-state index contributed by atoms with van der Waals surface area (Å²) in [4.78, 5) is 63.7. The van der Waals surface area contributed by atoms with E-state index in [0.29, 0.717) is 25.1 Å². The molecule has 1 unspecified atom stereocenters. The average Bonchev–Trinajstić information content (AvgIpc) is 2.80. The van der Waals surface area contributed by atoms with Crippen molar-refractivity contribution in [2.45, 2.75) is 12.6 Å². The molecule has 1 aromatic carbocycles. The number of benzene rings is 1. The first-order chi connectivity index (χ1) is 15.7. The summed E-state index contributed by atoms with van der Waals surface area (Å²) in [6.45, 7) is 1.29. The smallest absolute Gasteiger partial charge is 0.423 e. The van der Waals surface area contributed by atoms with Crippen molar-refractivity contribution in [3.05, 3.63) is 60.8 Å². The van der Waals surface area contributed by atoms with Crippen molar-refractivity contribution >= 4 is 23.4 Å². The highest BCUT2D eigenvalue weighted by molar-refractivity contribution is 6.30. The average molecular weight is 459 g/mol. The maximum Gasteiger partial charge on any atom is 0.423 e. The molecule has 0 amide bonds. The summed E-state index contributed by atoms with van der Waals surface area (Å²) in [5, 5.41) is 11.3. The minimum atomic E-state index is -1.36. The van der Waals surface area contributed by atoms with Gasteiger partial charge in [-0.2, -0.15) is 0 Å². The molecule has 0 saturated carbocycles. The van der Waals surface area contributed by atoms with E-state index in [2.05, 4.69) is 0 Å². The first-order valence-corrected chi connectivity index (χ1v) is 10.1. The summed E-state index contributed by atoms with van der Waals surface area (Å²) in [6, 6.07) is 6.44. The minimum Gasteiger partial charge on any atom is -0.432 e. The van der Waals surface area contributed by atoms with Gasteiger partial charge in [-0.1, -0.05) is 18.2 Å². The van der Waals surface area contributed by atoms with Gasteiger partial charge < -0.3 is 14.4 Å². The standard InChI is InChI=1S/C20H21N5O8/c1-21-16-15(17(26)22(2)20(21)29)33-19(28)18(27)32-14-11-23(9-10-24(14)16)8-7-12-5-3-4-6-13(12)25(30)31/h3-6,14H,7-11H2,1-2H3. The molecule has 33 heavy (non-hydrogen) atoms. The lowest BCUT2D eigenvalue weighted by molar-refractivity contribution is -0.385. The number of nitro benzene ring substituents is 1. The number of aromatic nitrogens is 2. The van der Waals surface area contributed by atoms with Crippen LogP contribution in [-0.4, -0.2) is 63.3 Å². The van der Waals surface area contributed by atoms with Crippen LogP contribution in [0.3, 0.4) is 0 Å². The van der Waals surface area contributed by atoms with Crippen molar-refractivity contribution in [1.29, 1.82) is 0 Å². The van der Waals surface area contributed by atoms with Gasteiger partial charge in [-0.25, -0.2) is 14.4 Å². The highest BCUT2D eigenvalue weighted by atomic mass is 16.6. The minimum absolute atomic E-state index is 0.0241. The molecule has 3 heterocycles. The van der Waals surface area contributed by atoms with Crippen molar-refractivity contribution < 1.29 is 24.0 Å². The second-order valence-corrected chi connectivity index (χ2v) is 7.74. The van der Waals surface area contributed by atoms with E-state index >= 15 is 0 Å². The number of carbonyl (C=O) groups is 2. The molecule has 0 radical (unpaired) electrons. The fraction of sp³-hybridized carbons (Fsp3) is 0.400. The van der Waals surface area contributed by atoms with Gasteiger partial charge in [0.1, 0.15) is 0 Å². The van der Waals surface area contributed by atoms with Crippen LogP contribution in [0.1, 0.15) is 5.56 Å². The van der Waals surface area contributed by atoms with Gasteiger partial charge in [0.25, 0.3) is 5.69 Å². The number of nitrogens with zero attached hydrogens (tertiary/aromatic N) is 5. The monoisotopic (exact) mass is 459 g/mol. The molecule has 1 saturated heterocycles. The molecule has 0 spiro atoms. The molecule has 1 aromatic heterocycles. The topological polar surface area (TPSA) is 146 Å². The molecular formula is C20H21N5O8. The molecule has 2 aliphatic heterocycles. The third-order valence-electron chi connectivity index (χ3n) is 5.77. The van der Waals surface area contributed by atoms with Crippen LogP contribution in [0.2, 0.25) is 0 Å². The van der Waals surface area contributed by atoms with E-state index in [0.717, 1.165) is 4.57 Å². The number of fused-ring (bicyclic) bond motifs is 3. The van der Waals surface area contributed by atoms with Crippen LogP contribution in [0, 0.1) is 10.1 Å². The zero-order valence-electron chi connectivity index (χ0n) is 17.9. The zero-order valence-corrected chi connectivity index (χ0v) is 17.9. The van der Waals surface area contributed by atoms with E-state index in [9.17, 15) is 29.3 Å². The van der Waals surface area contributed by atoms with Crippen LogP contribution in [0.25, 0.3) is 0 Å². The van der Waals surface area contributed by atoms with E-state index in [-0.39, 0.29) is 24.6 Å². The van der Waals surface area contributed by atoms with Crippen LogP contribution in [0.5, 0.6) is 5.75 Å². The van der Waals surface area contributed by atoms with Gasteiger partial charge in [-0.3, -0.25) is 28.9 Å². The van der Waals surface area contributed by atoms with E-state index in [1.807, 2.05) is 4.90 Å². The number of hydrogen-bond acceptors (Lipinski definition) is 10. The molecule has 0 N–H and O–H groups in total. The molecule has 1 atom stereocenters. The quantitative estimate of drug-likeness (QED) is 0.245. The maximum atomic E-state index is 12.6. The molecule has 0 aliphatic carbocycles. The SMILES string of the molecule is Cn1c2c(c(=O)n(C)c1=O)OC(=O)C(=O)OC1CN(CCc3ccccc3[N+](=O)[O-])CCN21. The fourth-order valence-electron chi connectivity index (χ4n) is 4.05. The predicted octanol–water partition coefficient (Wildman–Crippen LogP) is -0.855. The van der Waals surface area contributed by atoms with Gasteiger partial charge in [0.05, 0.1) is 11.5 Å². The van der Waals surface area contributed by atoms with E-state index in [1.54, 1.807) is 23.1 Å². The Hall–Kier alpha value is -4.00. The summed E-state index contributed by atoms with van der Waals surface area (Å²) >= 11 is 0. The third kappa shape index (κ3) is 3.98. The van der Waals surface area contributed by atoms with Crippen molar-refractivity contribution in [2.75, 3.05) is 31.1 Å². The lowest BCUT2D eigenvalue weighted by atomic mass is 10.1.